The monoisotopic (exact) mass is 615 g/mol. The van der Waals surface area contributed by atoms with E-state index in [2.05, 4.69) is 5.32 Å². The molecule has 1 aliphatic rings. The first-order valence-corrected chi connectivity index (χ1v) is 16.2. The molecule has 0 aliphatic heterocycles. The van der Waals surface area contributed by atoms with Crippen molar-refractivity contribution in [1.29, 1.82) is 0 Å². The quantitative estimate of drug-likeness (QED) is 0.297. The lowest BCUT2D eigenvalue weighted by Crippen LogP contribution is -2.54. The third kappa shape index (κ3) is 8.71. The van der Waals surface area contributed by atoms with E-state index in [9.17, 15) is 18.0 Å². The van der Waals surface area contributed by atoms with Gasteiger partial charge in [-0.25, -0.2) is 8.42 Å². The molecular formula is C31H35Cl2N3O4S. The smallest absolute Gasteiger partial charge is 0.244 e. The maximum absolute atomic E-state index is 14.2. The molecule has 0 spiro atoms. The number of carbonyl (C=O) groups is 2. The predicted octanol–water partition coefficient (Wildman–Crippen LogP) is 5.77. The molecule has 1 N–H and O–H groups in total. The number of aryl methyl sites for hydroxylation is 1. The maximum atomic E-state index is 14.2. The zero-order chi connectivity index (χ0) is 29.6. The van der Waals surface area contributed by atoms with Crippen LogP contribution in [0.25, 0.3) is 0 Å². The predicted molar refractivity (Wildman–Crippen MR) is 165 cm³/mol. The summed E-state index contributed by atoms with van der Waals surface area (Å²) < 4.78 is 26.8. The Morgan fingerprint density at radius 1 is 0.927 bits per heavy atom. The molecule has 4 rings (SSSR count). The number of hydrogen-bond donors (Lipinski definition) is 1. The normalized spacial score (nSPS) is 14.4. The molecular weight excluding hydrogens is 581 g/mol. The molecule has 41 heavy (non-hydrogen) atoms. The van der Waals surface area contributed by atoms with E-state index in [1.165, 1.54) is 23.1 Å². The van der Waals surface area contributed by atoms with Gasteiger partial charge >= 0.3 is 0 Å². The number of amides is 2. The summed E-state index contributed by atoms with van der Waals surface area (Å²) >= 11 is 12.3. The molecule has 3 aromatic rings. The average Bonchev–Trinajstić information content (AvgIpc) is 3.42. The molecule has 2 amide bonds. The Kier molecular flexibility index (Phi) is 10.3. The van der Waals surface area contributed by atoms with Gasteiger partial charge < -0.3 is 10.2 Å². The Labute approximate surface area is 252 Å². The Bertz CT molecular complexity index is 1440. The average molecular weight is 617 g/mol. The SMILES string of the molecule is Cc1ccc(CN(C(=O)CN(c2cc(Cl)cc(Cl)c2)S(C)(=O)=O)[C@H](Cc2ccccc2)C(=O)NC2CCCC2)cc1. The van der Waals surface area contributed by atoms with E-state index in [0.29, 0.717) is 0 Å². The van der Waals surface area contributed by atoms with Crippen LogP contribution >= 0.6 is 23.2 Å². The van der Waals surface area contributed by atoms with Gasteiger partial charge in [0.1, 0.15) is 12.6 Å². The second kappa shape index (κ2) is 13.7. The van der Waals surface area contributed by atoms with Gasteiger partial charge in [0.15, 0.2) is 0 Å². The third-order valence-corrected chi connectivity index (χ3v) is 8.84. The van der Waals surface area contributed by atoms with Gasteiger partial charge in [0.05, 0.1) is 11.9 Å². The number of nitrogens with one attached hydrogen (secondary N) is 1. The van der Waals surface area contributed by atoms with Crippen molar-refractivity contribution in [2.75, 3.05) is 17.1 Å². The van der Waals surface area contributed by atoms with Crippen LogP contribution in [0.3, 0.4) is 0 Å². The summed E-state index contributed by atoms with van der Waals surface area (Å²) in [4.78, 5) is 29.5. The largest absolute Gasteiger partial charge is 0.352 e. The molecule has 1 fully saturated rings. The van der Waals surface area contributed by atoms with Gasteiger partial charge in [0.2, 0.25) is 21.8 Å². The van der Waals surface area contributed by atoms with Crippen molar-refractivity contribution in [3.63, 3.8) is 0 Å². The van der Waals surface area contributed by atoms with Gasteiger partial charge in [0, 0.05) is 29.1 Å². The van der Waals surface area contributed by atoms with Crippen LogP contribution in [-0.2, 0) is 32.6 Å². The van der Waals surface area contributed by atoms with Crippen molar-refractivity contribution in [3.05, 3.63) is 99.5 Å². The third-order valence-electron chi connectivity index (χ3n) is 7.26. The van der Waals surface area contributed by atoms with E-state index < -0.39 is 28.5 Å². The lowest BCUT2D eigenvalue weighted by Gasteiger charge is -2.34. The zero-order valence-electron chi connectivity index (χ0n) is 23.2. The highest BCUT2D eigenvalue weighted by molar-refractivity contribution is 7.92. The first kappa shape index (κ1) is 30.9. The van der Waals surface area contributed by atoms with Crippen molar-refractivity contribution in [1.82, 2.24) is 10.2 Å². The number of hydrogen-bond acceptors (Lipinski definition) is 4. The number of nitrogens with zero attached hydrogens (tertiary/aromatic N) is 2. The minimum absolute atomic E-state index is 0.0539. The van der Waals surface area contributed by atoms with Gasteiger partial charge in [-0.3, -0.25) is 13.9 Å². The Morgan fingerprint density at radius 2 is 1.54 bits per heavy atom. The standard InChI is InChI=1S/C31H35Cl2N3O4S/c1-22-12-14-24(15-13-22)20-35(30(37)21-36(41(2,39)40)28-18-25(32)17-26(33)19-28)29(16-23-8-4-3-5-9-23)31(38)34-27-10-6-7-11-27/h3-5,8-9,12-15,17-19,27,29H,6-7,10-11,16,20-21H2,1-2H3,(H,34,38)/t29-/m1/s1. The molecule has 0 radical (unpaired) electrons. The van der Waals surface area contributed by atoms with Crippen molar-refractivity contribution >= 4 is 50.7 Å². The minimum Gasteiger partial charge on any atom is -0.352 e. The Morgan fingerprint density at radius 3 is 2.12 bits per heavy atom. The fourth-order valence-electron chi connectivity index (χ4n) is 5.11. The lowest BCUT2D eigenvalue weighted by molar-refractivity contribution is -0.140. The van der Waals surface area contributed by atoms with Gasteiger partial charge in [0.25, 0.3) is 0 Å². The second-order valence-corrected chi connectivity index (χ2v) is 13.4. The minimum atomic E-state index is -3.91. The first-order valence-electron chi connectivity index (χ1n) is 13.6. The van der Waals surface area contributed by atoms with Crippen LogP contribution in [-0.4, -0.2) is 50.0 Å². The molecule has 10 heteroatoms. The molecule has 7 nitrogen and oxygen atoms in total. The van der Waals surface area contributed by atoms with Crippen LogP contribution in [0.5, 0.6) is 0 Å². The number of rotatable bonds is 11. The second-order valence-electron chi connectivity index (χ2n) is 10.6. The highest BCUT2D eigenvalue weighted by Crippen LogP contribution is 2.28. The van der Waals surface area contributed by atoms with Crippen molar-refractivity contribution in [3.8, 4) is 0 Å². The molecule has 1 saturated carbocycles. The summed E-state index contributed by atoms with van der Waals surface area (Å²) in [5.41, 5.74) is 2.95. The van der Waals surface area contributed by atoms with E-state index in [1.807, 2.05) is 61.5 Å². The van der Waals surface area contributed by atoms with Crippen LogP contribution in [0.15, 0.2) is 72.8 Å². The van der Waals surface area contributed by atoms with Gasteiger partial charge in [-0.15, -0.1) is 0 Å². The van der Waals surface area contributed by atoms with Crippen molar-refractivity contribution in [2.45, 2.75) is 57.7 Å². The van der Waals surface area contributed by atoms with Gasteiger partial charge in [-0.05, 0) is 49.1 Å². The molecule has 1 aliphatic carbocycles. The fourth-order valence-corrected chi connectivity index (χ4v) is 6.46. The number of anilines is 1. The summed E-state index contributed by atoms with van der Waals surface area (Å²) in [5, 5.41) is 3.64. The maximum Gasteiger partial charge on any atom is 0.244 e. The van der Waals surface area contributed by atoms with Gasteiger partial charge in [-0.2, -0.15) is 0 Å². The Balaban J connectivity index is 1.73. The number of benzene rings is 3. The number of halogens is 2. The van der Waals surface area contributed by atoms with E-state index >= 15 is 0 Å². The number of sulfonamides is 1. The summed E-state index contributed by atoms with van der Waals surface area (Å²) in [6, 6.07) is 20.8. The molecule has 218 valence electrons. The lowest BCUT2D eigenvalue weighted by atomic mass is 10.0. The summed E-state index contributed by atoms with van der Waals surface area (Å²) in [5.74, 6) is -0.771. The zero-order valence-corrected chi connectivity index (χ0v) is 25.6. The first-order chi connectivity index (χ1) is 19.5. The molecule has 0 aromatic heterocycles. The van der Waals surface area contributed by atoms with E-state index in [0.717, 1.165) is 52.9 Å². The molecule has 3 aromatic carbocycles. The van der Waals surface area contributed by atoms with E-state index in [4.69, 9.17) is 23.2 Å². The highest BCUT2D eigenvalue weighted by atomic mass is 35.5. The summed E-state index contributed by atoms with van der Waals surface area (Å²) in [7, 11) is -3.91. The molecule has 0 bridgehead atoms. The van der Waals surface area contributed by atoms with Crippen molar-refractivity contribution < 1.29 is 18.0 Å². The van der Waals surface area contributed by atoms with E-state index in [1.54, 1.807) is 0 Å². The fraction of sp³-hybridized carbons (Fsp3) is 0.355. The molecule has 1 atom stereocenters. The molecule has 0 saturated heterocycles. The van der Waals surface area contributed by atoms with Gasteiger partial charge in [-0.1, -0.05) is 96.2 Å². The summed E-state index contributed by atoms with van der Waals surface area (Å²) in [6.45, 7) is 1.58. The van der Waals surface area contributed by atoms with Crippen LogP contribution in [0.1, 0.15) is 42.4 Å². The molecule has 0 unspecified atom stereocenters. The van der Waals surface area contributed by atoms with Crippen LogP contribution in [0.2, 0.25) is 10.0 Å². The Hall–Kier alpha value is -3.07. The van der Waals surface area contributed by atoms with Crippen LogP contribution in [0.4, 0.5) is 5.69 Å². The van der Waals surface area contributed by atoms with Crippen LogP contribution < -0.4 is 9.62 Å². The van der Waals surface area contributed by atoms with E-state index in [-0.39, 0.29) is 40.6 Å². The topological polar surface area (TPSA) is 86.8 Å². The van der Waals surface area contributed by atoms with Crippen LogP contribution in [0, 0.1) is 6.92 Å². The number of carbonyl (C=O) groups excluding carboxylic acids is 2. The summed E-state index contributed by atoms with van der Waals surface area (Å²) in [6.07, 6.45) is 5.18. The van der Waals surface area contributed by atoms with Crippen molar-refractivity contribution in [2.24, 2.45) is 0 Å². The highest BCUT2D eigenvalue weighted by Gasteiger charge is 2.34. The molecule has 0 heterocycles.